The average molecular weight is 291 g/mol. The highest BCUT2D eigenvalue weighted by Gasteiger charge is 2.22. The molecule has 0 spiro atoms. The molecule has 0 aliphatic carbocycles. The summed E-state index contributed by atoms with van der Waals surface area (Å²) in [7, 11) is -9.19. The summed E-state index contributed by atoms with van der Waals surface area (Å²) < 4.78 is 0. The van der Waals surface area contributed by atoms with Crippen LogP contribution in [-0.2, 0) is 0 Å². The summed E-state index contributed by atoms with van der Waals surface area (Å²) in [6, 6.07) is 0. The topological polar surface area (TPSA) is 162 Å². The highest BCUT2D eigenvalue weighted by Crippen LogP contribution is 1.67. The van der Waals surface area contributed by atoms with Gasteiger partial charge in [-0.1, -0.05) is 0 Å². The van der Waals surface area contributed by atoms with E-state index in [0.29, 0.717) is 0 Å². The first-order valence-corrected chi connectivity index (χ1v) is 8.77. The van der Waals surface area contributed by atoms with Gasteiger partial charge in [-0.2, -0.15) is 0 Å². The van der Waals surface area contributed by atoms with Crippen LogP contribution in [0.3, 0.4) is 0 Å². The van der Waals surface area contributed by atoms with E-state index in [9.17, 15) is 0 Å². The van der Waals surface area contributed by atoms with Crippen molar-refractivity contribution in [2.45, 2.75) is 0 Å². The Balaban J connectivity index is -0.000000120. The van der Waals surface area contributed by atoms with Crippen molar-refractivity contribution in [3.8, 4) is 0 Å². The molecule has 0 rings (SSSR count). The first-order chi connectivity index (χ1) is 5.41. The zero-order valence-electron chi connectivity index (χ0n) is 5.83. The summed E-state index contributed by atoms with van der Waals surface area (Å²) in [5, 5.41) is 0. The molecule has 0 aromatic rings. The third-order valence-corrected chi connectivity index (χ3v) is 0. The zero-order chi connectivity index (χ0) is 11.7. The summed E-state index contributed by atoms with van der Waals surface area (Å²) >= 11 is 9.58. The molecule has 0 atom stereocenters. The largest absolute Gasteiger partial charge is 0.668 e. The lowest BCUT2D eigenvalue weighted by molar-refractivity contribution is 0.115. The molecular weight excluding hydrogens is 283 g/mol. The van der Waals surface area contributed by atoms with E-state index in [1.54, 1.807) is 0 Å². The van der Waals surface area contributed by atoms with Gasteiger partial charge in [0.05, 0.1) is 0 Å². The maximum atomic E-state index is 7.33. The molecule has 13 heavy (non-hydrogen) atoms. The van der Waals surface area contributed by atoms with E-state index in [0.717, 1.165) is 0 Å². The lowest BCUT2D eigenvalue weighted by Gasteiger charge is -1.91. The van der Waals surface area contributed by atoms with E-state index in [4.69, 9.17) is 60.5 Å². The molecule has 0 aromatic carbocycles. The molecule has 0 saturated heterocycles. The molecule has 0 heterocycles. The van der Waals surface area contributed by atoms with Gasteiger partial charge in [-0.25, -0.2) is 0 Å². The van der Waals surface area contributed by atoms with E-state index < -0.39 is 18.1 Å². The van der Waals surface area contributed by atoms with Crippen LogP contribution in [0.2, 0.25) is 0 Å². The highest BCUT2D eigenvalue weighted by molar-refractivity contribution is 7.22. The minimum Gasteiger partial charge on any atom is -0.368 e. The lowest BCUT2D eigenvalue weighted by atomic mass is 15.7. The molecule has 0 aromatic heterocycles. The van der Waals surface area contributed by atoms with Gasteiger partial charge in [0.1, 0.15) is 0 Å². The van der Waals surface area contributed by atoms with Gasteiger partial charge in [0.25, 0.3) is 8.14 Å². The minimum atomic E-state index is -4.61. The van der Waals surface area contributed by atoms with Crippen molar-refractivity contribution >= 4 is 48.4 Å². The molecule has 2 radical (unpaired) electrons. The van der Waals surface area contributed by atoms with E-state index in [-0.39, 0.29) is 8.14 Å². The quantitative estimate of drug-likeness (QED) is 0.164. The third kappa shape index (κ3) is 1850. The second kappa shape index (κ2) is 9.47. The van der Waals surface area contributed by atoms with Crippen molar-refractivity contribution in [2.24, 2.45) is 0 Å². The molecule has 0 fully saturated rings. The SMILES string of the molecule is Cl[Si]Cl.O[Si](O)(O)O.O[Si](O)(O)O. The van der Waals surface area contributed by atoms with Gasteiger partial charge in [0.2, 0.25) is 0 Å². The molecule has 82 valence electrons. The van der Waals surface area contributed by atoms with Crippen LogP contribution in [0.1, 0.15) is 0 Å². The maximum Gasteiger partial charge on any atom is 0.668 e. The van der Waals surface area contributed by atoms with Crippen LogP contribution in [0.15, 0.2) is 0 Å². The highest BCUT2D eigenvalue weighted by atomic mass is 35.7. The Morgan fingerprint density at radius 1 is 0.615 bits per heavy atom. The van der Waals surface area contributed by atoms with Gasteiger partial charge in [0, 0.05) is 0 Å². The van der Waals surface area contributed by atoms with Gasteiger partial charge in [-0.15, -0.1) is 22.2 Å². The number of hydrogen-bond acceptors (Lipinski definition) is 8. The van der Waals surface area contributed by atoms with Crippen LogP contribution in [-0.4, -0.2) is 64.6 Å². The Bertz CT molecular complexity index is 70.5. The van der Waals surface area contributed by atoms with Crippen molar-refractivity contribution in [3.63, 3.8) is 0 Å². The predicted molar refractivity (Wildman–Crippen MR) is 46.7 cm³/mol. The Morgan fingerprint density at radius 3 is 0.615 bits per heavy atom. The Hall–Kier alpha value is 0.911. The van der Waals surface area contributed by atoms with Gasteiger partial charge in [-0.05, 0) is 0 Å². The standard InChI is InChI=1S/Cl2Si.2H4O4Si/c1-3-2;2*1-5(2,3)4/h;2*1-4H. The van der Waals surface area contributed by atoms with E-state index in [1.807, 2.05) is 0 Å². The van der Waals surface area contributed by atoms with Gasteiger partial charge in [-0.3, -0.25) is 0 Å². The van der Waals surface area contributed by atoms with Crippen molar-refractivity contribution in [1.29, 1.82) is 0 Å². The number of hydrogen-bond donors (Lipinski definition) is 8. The first-order valence-electron chi connectivity index (χ1n) is 2.17. The molecule has 8 nitrogen and oxygen atoms in total. The Labute approximate surface area is 87.1 Å². The normalized spacial score (nSPS) is 10.6. The maximum absolute atomic E-state index is 7.33. The fourth-order valence-corrected chi connectivity index (χ4v) is 0. The molecule has 0 bridgehead atoms. The molecule has 8 N–H and O–H groups in total. The van der Waals surface area contributed by atoms with E-state index in [2.05, 4.69) is 0 Å². The summed E-state index contributed by atoms with van der Waals surface area (Å²) in [6.07, 6.45) is 0. The number of rotatable bonds is 0. The van der Waals surface area contributed by atoms with E-state index >= 15 is 0 Å². The lowest BCUT2D eigenvalue weighted by Crippen LogP contribution is -2.33. The van der Waals surface area contributed by atoms with Crippen molar-refractivity contribution in [1.82, 2.24) is 0 Å². The fraction of sp³-hybridized carbons (Fsp3) is 0. The van der Waals surface area contributed by atoms with Crippen LogP contribution in [0.5, 0.6) is 0 Å². The molecule has 0 amide bonds. The van der Waals surface area contributed by atoms with Crippen molar-refractivity contribution < 1.29 is 38.4 Å². The van der Waals surface area contributed by atoms with Gasteiger partial charge < -0.3 is 38.4 Å². The average Bonchev–Trinajstić information content (AvgIpc) is 1.52. The predicted octanol–water partition coefficient (Wildman–Crippen LogP) is -4.22. The van der Waals surface area contributed by atoms with Crippen LogP contribution in [0.25, 0.3) is 0 Å². The third-order valence-electron chi connectivity index (χ3n) is 0. The van der Waals surface area contributed by atoms with Gasteiger partial charge >= 0.3 is 18.1 Å². The van der Waals surface area contributed by atoms with Crippen LogP contribution >= 0.6 is 22.2 Å². The van der Waals surface area contributed by atoms with Crippen LogP contribution in [0.4, 0.5) is 0 Å². The molecule has 0 aliphatic rings. The first kappa shape index (κ1) is 19.5. The monoisotopic (exact) mass is 290 g/mol. The smallest absolute Gasteiger partial charge is 0.368 e. The second-order valence-corrected chi connectivity index (χ2v) is 5.53. The second-order valence-electron chi connectivity index (χ2n) is 1.27. The van der Waals surface area contributed by atoms with Crippen LogP contribution < -0.4 is 0 Å². The summed E-state index contributed by atoms with van der Waals surface area (Å²) in [5.74, 6) is 0. The minimum absolute atomic E-state index is 0.0278. The zero-order valence-corrected chi connectivity index (χ0v) is 10.3. The van der Waals surface area contributed by atoms with Crippen LogP contribution in [0, 0.1) is 0 Å². The molecular formula is H8Cl2O8Si3. The fourth-order valence-electron chi connectivity index (χ4n) is 0. The van der Waals surface area contributed by atoms with Gasteiger partial charge in [0.15, 0.2) is 0 Å². The Kier molecular flexibility index (Phi) is 14.2. The molecule has 13 heteroatoms. The van der Waals surface area contributed by atoms with E-state index in [1.165, 1.54) is 0 Å². The summed E-state index contributed by atoms with van der Waals surface area (Å²) in [5.41, 5.74) is 0. The molecule has 0 aliphatic heterocycles. The Morgan fingerprint density at radius 2 is 0.615 bits per heavy atom. The van der Waals surface area contributed by atoms with Crippen molar-refractivity contribution in [2.75, 3.05) is 0 Å². The number of halogens is 2. The molecule has 0 saturated carbocycles. The summed E-state index contributed by atoms with van der Waals surface area (Å²) in [6.45, 7) is 0. The summed E-state index contributed by atoms with van der Waals surface area (Å²) in [4.78, 5) is 58.6. The molecule has 0 unspecified atom stereocenters. The van der Waals surface area contributed by atoms with Crippen molar-refractivity contribution in [3.05, 3.63) is 0 Å².